The maximum atomic E-state index is 5.20. The molecule has 0 bridgehead atoms. The Morgan fingerprint density at radius 1 is 0.542 bits per heavy atom. The number of imidazole rings is 1. The molecule has 0 radical (unpaired) electrons. The largest absolute Gasteiger partial charge is 0.306 e. The topological polar surface area (TPSA) is 34.0 Å². The highest BCUT2D eigenvalue weighted by Crippen LogP contribution is 2.52. The summed E-state index contributed by atoms with van der Waals surface area (Å²) < 4.78 is 2.43. The molecule has 9 aromatic rings. The summed E-state index contributed by atoms with van der Waals surface area (Å²) in [4.78, 5) is 12.5. The lowest BCUT2D eigenvalue weighted by Crippen LogP contribution is -2.19. The first-order valence-corrected chi connectivity index (χ1v) is 16.6. The van der Waals surface area contributed by atoms with Crippen molar-refractivity contribution in [2.45, 2.75) is 13.3 Å². The molecule has 0 spiro atoms. The van der Waals surface area contributed by atoms with E-state index >= 15 is 0 Å². The summed E-state index contributed by atoms with van der Waals surface area (Å²) in [5.74, 6) is 1.06. The highest BCUT2D eigenvalue weighted by atomic mass is 15.2. The molecule has 7 aromatic carbocycles. The molecule has 0 saturated carbocycles. The Hall–Kier alpha value is -6.26. The summed E-state index contributed by atoms with van der Waals surface area (Å²) in [6.07, 6.45) is 2.72. The Balaban J connectivity index is 1.37. The third kappa shape index (κ3) is 3.71. The van der Waals surface area contributed by atoms with E-state index in [9.17, 15) is 0 Å². The number of aromatic nitrogens is 3. The van der Waals surface area contributed by atoms with Gasteiger partial charge in [-0.15, -0.1) is 0 Å². The molecule has 0 N–H and O–H groups in total. The van der Waals surface area contributed by atoms with E-state index in [4.69, 9.17) is 9.97 Å². The molecular weight excluding hydrogens is 585 g/mol. The molecule has 48 heavy (non-hydrogen) atoms. The molecule has 1 aliphatic rings. The van der Waals surface area contributed by atoms with Crippen LogP contribution in [0.15, 0.2) is 152 Å². The van der Waals surface area contributed by atoms with Crippen molar-refractivity contribution in [3.05, 3.63) is 158 Å². The van der Waals surface area contributed by atoms with Crippen LogP contribution in [0.4, 0.5) is 17.1 Å². The van der Waals surface area contributed by atoms with E-state index in [0.717, 1.165) is 62.5 Å². The van der Waals surface area contributed by atoms with Gasteiger partial charge in [0.1, 0.15) is 5.82 Å². The minimum Gasteiger partial charge on any atom is -0.306 e. The fourth-order valence-corrected chi connectivity index (χ4v) is 7.96. The molecule has 3 heterocycles. The van der Waals surface area contributed by atoms with Crippen molar-refractivity contribution in [1.82, 2.24) is 14.5 Å². The summed E-state index contributed by atoms with van der Waals surface area (Å²) in [5.41, 5.74) is 12.5. The monoisotopic (exact) mass is 614 g/mol. The fraction of sp³-hybridized carbons (Fsp3) is 0.0455. The van der Waals surface area contributed by atoms with Gasteiger partial charge in [0.2, 0.25) is 0 Å². The molecule has 1 aliphatic heterocycles. The van der Waals surface area contributed by atoms with Crippen LogP contribution < -0.4 is 4.90 Å². The van der Waals surface area contributed by atoms with Crippen molar-refractivity contribution in [3.63, 3.8) is 0 Å². The van der Waals surface area contributed by atoms with Crippen LogP contribution in [-0.2, 0) is 6.42 Å². The Morgan fingerprint density at radius 3 is 1.88 bits per heavy atom. The molecule has 4 nitrogen and oxygen atoms in total. The number of hydrogen-bond donors (Lipinski definition) is 0. The first-order chi connectivity index (χ1) is 23.8. The van der Waals surface area contributed by atoms with E-state index in [-0.39, 0.29) is 0 Å². The number of anilines is 3. The van der Waals surface area contributed by atoms with Crippen LogP contribution in [0.5, 0.6) is 0 Å². The second kappa shape index (κ2) is 10.4. The maximum Gasteiger partial charge on any atom is 0.114 e. The number of hydrogen-bond acceptors (Lipinski definition) is 3. The average molecular weight is 615 g/mol. The van der Waals surface area contributed by atoms with E-state index in [1.54, 1.807) is 0 Å². The third-order valence-corrected chi connectivity index (χ3v) is 9.88. The van der Waals surface area contributed by atoms with Gasteiger partial charge in [-0.25, -0.2) is 4.98 Å². The molecular formula is C44H30N4. The predicted octanol–water partition coefficient (Wildman–Crippen LogP) is 11.6. The second-order valence-corrected chi connectivity index (χ2v) is 12.4. The number of aryl methyl sites for hydroxylation is 1. The standard InChI is InChI=1S/C44H30N4/c1-2-39-46-36-24-12-26-38-44(36)48(39)43-35(23-11-25-37(43)47(38)29-16-4-3-5-17-29)41-32-20-8-6-18-30(32)40(31-19-7-9-21-33(31)41)34-22-10-14-28-15-13-27-45-42(28)34/h3-27H,2H2,1H3. The van der Waals surface area contributed by atoms with Crippen molar-refractivity contribution >= 4 is 60.5 Å². The van der Waals surface area contributed by atoms with Gasteiger partial charge in [-0.3, -0.25) is 9.55 Å². The zero-order valence-electron chi connectivity index (χ0n) is 26.4. The summed E-state index contributed by atoms with van der Waals surface area (Å²) >= 11 is 0. The number of pyridine rings is 1. The smallest absolute Gasteiger partial charge is 0.114 e. The van der Waals surface area contributed by atoms with Crippen LogP contribution in [0.25, 0.3) is 71.4 Å². The lowest BCUT2D eigenvalue weighted by molar-refractivity contribution is 0.902. The maximum absolute atomic E-state index is 5.20. The number of para-hydroxylation sites is 4. The Morgan fingerprint density at radius 2 is 1.15 bits per heavy atom. The zero-order valence-corrected chi connectivity index (χ0v) is 26.4. The minimum absolute atomic E-state index is 0.821. The van der Waals surface area contributed by atoms with Crippen LogP contribution in [0, 0.1) is 0 Å². The SMILES string of the molecule is CCc1nc2cccc3c2n1-c1c(-c2c4ccccc4c(-c4cccc5cccnc45)c4ccccc24)cccc1N3c1ccccc1. The van der Waals surface area contributed by atoms with E-state index < -0.39 is 0 Å². The molecule has 0 unspecified atom stereocenters. The van der Waals surface area contributed by atoms with Crippen molar-refractivity contribution in [3.8, 4) is 27.9 Å². The predicted molar refractivity (Wildman–Crippen MR) is 200 cm³/mol. The van der Waals surface area contributed by atoms with Crippen LogP contribution in [-0.4, -0.2) is 14.5 Å². The molecule has 0 atom stereocenters. The first-order valence-electron chi connectivity index (χ1n) is 16.6. The zero-order chi connectivity index (χ0) is 31.8. The second-order valence-electron chi connectivity index (χ2n) is 12.4. The van der Waals surface area contributed by atoms with E-state index in [2.05, 4.69) is 156 Å². The molecule has 0 amide bonds. The van der Waals surface area contributed by atoms with Crippen LogP contribution in [0.2, 0.25) is 0 Å². The molecule has 2 aromatic heterocycles. The van der Waals surface area contributed by atoms with Gasteiger partial charge in [0.25, 0.3) is 0 Å². The van der Waals surface area contributed by atoms with Gasteiger partial charge in [0.15, 0.2) is 0 Å². The molecule has 0 aliphatic carbocycles. The van der Waals surface area contributed by atoms with Gasteiger partial charge in [-0.2, -0.15) is 0 Å². The van der Waals surface area contributed by atoms with Gasteiger partial charge in [-0.05, 0) is 69.1 Å². The van der Waals surface area contributed by atoms with E-state index in [1.807, 2.05) is 12.3 Å². The van der Waals surface area contributed by atoms with Crippen molar-refractivity contribution in [1.29, 1.82) is 0 Å². The lowest BCUT2D eigenvalue weighted by atomic mass is 9.84. The summed E-state index contributed by atoms with van der Waals surface area (Å²) in [7, 11) is 0. The molecule has 226 valence electrons. The number of rotatable bonds is 4. The summed E-state index contributed by atoms with van der Waals surface area (Å²) in [6, 6.07) is 52.4. The van der Waals surface area contributed by atoms with Gasteiger partial charge in [0, 0.05) is 34.8 Å². The average Bonchev–Trinajstić information content (AvgIpc) is 3.54. The normalized spacial score (nSPS) is 12.3. The summed E-state index contributed by atoms with van der Waals surface area (Å²) in [5, 5.41) is 5.99. The highest BCUT2D eigenvalue weighted by Gasteiger charge is 2.31. The third-order valence-electron chi connectivity index (χ3n) is 9.88. The van der Waals surface area contributed by atoms with Gasteiger partial charge in [0.05, 0.1) is 33.6 Å². The van der Waals surface area contributed by atoms with Crippen molar-refractivity contribution in [2.24, 2.45) is 0 Å². The highest BCUT2D eigenvalue weighted by molar-refractivity contribution is 6.24. The van der Waals surface area contributed by atoms with Crippen LogP contribution in [0.3, 0.4) is 0 Å². The number of nitrogens with zero attached hydrogens (tertiary/aromatic N) is 4. The Kier molecular flexibility index (Phi) is 5.82. The Labute approximate surface area is 278 Å². The molecule has 0 fully saturated rings. The first kappa shape index (κ1) is 26.9. The minimum atomic E-state index is 0.821. The van der Waals surface area contributed by atoms with Crippen LogP contribution >= 0.6 is 0 Å². The molecule has 0 saturated heterocycles. The number of fused-ring (bicyclic) bond motifs is 5. The molecule has 4 heteroatoms. The van der Waals surface area contributed by atoms with E-state index in [0.29, 0.717) is 0 Å². The number of benzene rings is 7. The lowest BCUT2D eigenvalue weighted by Gasteiger charge is -2.34. The van der Waals surface area contributed by atoms with Gasteiger partial charge in [-0.1, -0.05) is 116 Å². The van der Waals surface area contributed by atoms with Crippen LogP contribution in [0.1, 0.15) is 12.7 Å². The summed E-state index contributed by atoms with van der Waals surface area (Å²) in [6.45, 7) is 2.20. The van der Waals surface area contributed by atoms with E-state index in [1.165, 1.54) is 38.2 Å². The fourth-order valence-electron chi connectivity index (χ4n) is 7.96. The van der Waals surface area contributed by atoms with Gasteiger partial charge >= 0.3 is 0 Å². The molecule has 10 rings (SSSR count). The van der Waals surface area contributed by atoms with Gasteiger partial charge < -0.3 is 4.90 Å². The Bertz CT molecular complexity index is 2660. The van der Waals surface area contributed by atoms with Crippen molar-refractivity contribution < 1.29 is 0 Å². The van der Waals surface area contributed by atoms with Crippen molar-refractivity contribution in [2.75, 3.05) is 4.90 Å². The quantitative estimate of drug-likeness (QED) is 0.185.